The quantitative estimate of drug-likeness (QED) is 0.896. The molecule has 0 radical (unpaired) electrons. The maximum absolute atomic E-state index is 11.7. The van der Waals surface area contributed by atoms with E-state index in [1.54, 1.807) is 0 Å². The van der Waals surface area contributed by atoms with Crippen molar-refractivity contribution in [3.05, 3.63) is 35.4 Å². The van der Waals surface area contributed by atoms with Crippen molar-refractivity contribution in [2.24, 2.45) is 5.73 Å². The monoisotopic (exact) mass is 304 g/mol. The van der Waals surface area contributed by atoms with Crippen molar-refractivity contribution in [2.75, 3.05) is 24.6 Å². The first-order valence-electron chi connectivity index (χ1n) is 5.62. The third-order valence-corrected chi connectivity index (χ3v) is 5.60. The van der Waals surface area contributed by atoms with Gasteiger partial charge in [-0.2, -0.15) is 0 Å². The summed E-state index contributed by atoms with van der Waals surface area (Å²) in [5.74, 6) is 2.39. The molecule has 0 unspecified atom stereocenters. The Morgan fingerprint density at radius 1 is 1.28 bits per heavy atom. The molecule has 18 heavy (non-hydrogen) atoms. The molecule has 6 heteroatoms. The Labute approximate surface area is 122 Å². The summed E-state index contributed by atoms with van der Waals surface area (Å²) >= 11 is 3.94. The van der Waals surface area contributed by atoms with Crippen molar-refractivity contribution in [1.82, 2.24) is 5.32 Å². The second-order valence-corrected chi connectivity index (χ2v) is 6.46. The lowest BCUT2D eigenvalue weighted by molar-refractivity contribution is 0.0955. The SMILES string of the molecule is Cl.NCCNC(=O)c1ccc(C2SCCS2)cc1. The van der Waals surface area contributed by atoms with Crippen molar-refractivity contribution in [3.63, 3.8) is 0 Å². The third-order valence-electron chi connectivity index (χ3n) is 2.50. The molecule has 1 aromatic rings. The number of nitrogens with two attached hydrogens (primary N) is 1. The summed E-state index contributed by atoms with van der Waals surface area (Å²) in [5.41, 5.74) is 7.34. The van der Waals surface area contributed by atoms with Crippen LogP contribution in [0.25, 0.3) is 0 Å². The van der Waals surface area contributed by atoms with E-state index in [2.05, 4.69) is 5.32 Å². The number of benzene rings is 1. The van der Waals surface area contributed by atoms with E-state index in [1.807, 2.05) is 47.8 Å². The Morgan fingerprint density at radius 2 is 1.89 bits per heavy atom. The zero-order valence-electron chi connectivity index (χ0n) is 9.93. The lowest BCUT2D eigenvalue weighted by Gasteiger charge is -2.09. The van der Waals surface area contributed by atoms with Gasteiger partial charge in [0.25, 0.3) is 5.91 Å². The second-order valence-electron chi connectivity index (χ2n) is 3.74. The fourth-order valence-electron chi connectivity index (χ4n) is 1.63. The smallest absolute Gasteiger partial charge is 0.251 e. The highest BCUT2D eigenvalue weighted by Gasteiger charge is 2.18. The van der Waals surface area contributed by atoms with E-state index >= 15 is 0 Å². The van der Waals surface area contributed by atoms with Crippen LogP contribution >= 0.6 is 35.9 Å². The molecule has 1 aliphatic rings. The Morgan fingerprint density at radius 3 is 2.44 bits per heavy atom. The predicted molar refractivity (Wildman–Crippen MR) is 82.7 cm³/mol. The molecule has 3 nitrogen and oxygen atoms in total. The van der Waals surface area contributed by atoms with Gasteiger partial charge in [-0.15, -0.1) is 35.9 Å². The first kappa shape index (κ1) is 15.7. The molecule has 0 spiro atoms. The van der Waals surface area contributed by atoms with E-state index in [9.17, 15) is 4.79 Å². The highest BCUT2D eigenvalue weighted by Crippen LogP contribution is 2.45. The van der Waals surface area contributed by atoms with E-state index in [0.29, 0.717) is 23.2 Å². The Kier molecular flexibility index (Phi) is 6.92. The van der Waals surface area contributed by atoms with Gasteiger partial charge in [0.15, 0.2) is 0 Å². The van der Waals surface area contributed by atoms with Gasteiger partial charge in [0, 0.05) is 30.2 Å². The maximum Gasteiger partial charge on any atom is 0.251 e. The van der Waals surface area contributed by atoms with Gasteiger partial charge in [0.2, 0.25) is 0 Å². The zero-order valence-corrected chi connectivity index (χ0v) is 12.4. The van der Waals surface area contributed by atoms with Gasteiger partial charge >= 0.3 is 0 Å². The molecular weight excluding hydrogens is 288 g/mol. The molecule has 0 saturated carbocycles. The van der Waals surface area contributed by atoms with Gasteiger partial charge in [-0.1, -0.05) is 12.1 Å². The number of halogens is 1. The van der Waals surface area contributed by atoms with Crippen LogP contribution in [0.5, 0.6) is 0 Å². The van der Waals surface area contributed by atoms with Gasteiger partial charge in [-0.25, -0.2) is 0 Å². The highest BCUT2D eigenvalue weighted by molar-refractivity contribution is 8.19. The van der Waals surface area contributed by atoms with Gasteiger partial charge in [0.1, 0.15) is 0 Å². The topological polar surface area (TPSA) is 55.1 Å². The number of hydrogen-bond donors (Lipinski definition) is 2. The molecule has 0 bridgehead atoms. The molecule has 1 aliphatic heterocycles. The van der Waals surface area contributed by atoms with Crippen LogP contribution in [0, 0.1) is 0 Å². The van der Waals surface area contributed by atoms with Crippen LogP contribution in [0.2, 0.25) is 0 Å². The minimum absolute atomic E-state index is 0. The fourth-order valence-corrected chi connectivity index (χ4v) is 4.49. The van der Waals surface area contributed by atoms with E-state index in [1.165, 1.54) is 17.1 Å². The molecule has 1 amide bonds. The van der Waals surface area contributed by atoms with Crippen LogP contribution in [-0.2, 0) is 0 Å². The van der Waals surface area contributed by atoms with Crippen LogP contribution in [0.3, 0.4) is 0 Å². The molecule has 0 aromatic heterocycles. The van der Waals surface area contributed by atoms with Crippen molar-refractivity contribution in [3.8, 4) is 0 Å². The molecule has 1 aromatic carbocycles. The number of nitrogens with one attached hydrogen (secondary N) is 1. The molecule has 2 rings (SSSR count). The summed E-state index contributed by atoms with van der Waals surface area (Å²) in [6.45, 7) is 0.994. The normalized spacial score (nSPS) is 15.2. The van der Waals surface area contributed by atoms with E-state index in [4.69, 9.17) is 5.73 Å². The average molecular weight is 305 g/mol. The Balaban J connectivity index is 0.00000162. The summed E-state index contributed by atoms with van der Waals surface area (Å²) in [5, 5.41) is 2.76. The molecule has 1 heterocycles. The fraction of sp³-hybridized carbons (Fsp3) is 0.417. The highest BCUT2D eigenvalue weighted by atomic mass is 35.5. The number of rotatable bonds is 4. The average Bonchev–Trinajstić information content (AvgIpc) is 2.90. The predicted octanol–water partition coefficient (Wildman–Crippen LogP) is 2.28. The first-order valence-corrected chi connectivity index (χ1v) is 7.72. The van der Waals surface area contributed by atoms with Crippen LogP contribution < -0.4 is 11.1 Å². The molecule has 1 saturated heterocycles. The lowest BCUT2D eigenvalue weighted by Crippen LogP contribution is -2.28. The summed E-state index contributed by atoms with van der Waals surface area (Å²) < 4.78 is 0.538. The number of amides is 1. The first-order chi connectivity index (χ1) is 8.31. The van der Waals surface area contributed by atoms with Crippen LogP contribution in [0.15, 0.2) is 24.3 Å². The summed E-state index contributed by atoms with van der Waals surface area (Å²) in [4.78, 5) is 11.7. The molecule has 0 aliphatic carbocycles. The standard InChI is InChI=1S/C12H16N2OS2.ClH/c13-5-6-14-11(15)9-1-3-10(4-2-9)12-16-7-8-17-12;/h1-4,12H,5-8,13H2,(H,14,15);1H. The number of carbonyl (C=O) groups excluding carboxylic acids is 1. The van der Waals surface area contributed by atoms with E-state index in [0.717, 1.165) is 0 Å². The largest absolute Gasteiger partial charge is 0.351 e. The van der Waals surface area contributed by atoms with Gasteiger partial charge < -0.3 is 11.1 Å². The molecule has 0 atom stereocenters. The maximum atomic E-state index is 11.7. The summed E-state index contributed by atoms with van der Waals surface area (Å²) in [6, 6.07) is 7.88. The Bertz CT molecular complexity index is 380. The number of thioether (sulfide) groups is 2. The Hall–Kier alpha value is -0.360. The lowest BCUT2D eigenvalue weighted by atomic mass is 10.1. The molecule has 3 N–H and O–H groups in total. The van der Waals surface area contributed by atoms with Crippen molar-refractivity contribution in [1.29, 1.82) is 0 Å². The molecule has 100 valence electrons. The minimum atomic E-state index is -0.0475. The summed E-state index contributed by atoms with van der Waals surface area (Å²) in [7, 11) is 0. The van der Waals surface area contributed by atoms with E-state index < -0.39 is 0 Å². The summed E-state index contributed by atoms with van der Waals surface area (Å²) in [6.07, 6.45) is 0. The van der Waals surface area contributed by atoms with E-state index in [-0.39, 0.29) is 18.3 Å². The molecule has 1 fully saturated rings. The minimum Gasteiger partial charge on any atom is -0.351 e. The third kappa shape index (κ3) is 4.09. The van der Waals surface area contributed by atoms with Gasteiger partial charge in [-0.3, -0.25) is 4.79 Å². The van der Waals surface area contributed by atoms with Crippen LogP contribution in [0.4, 0.5) is 0 Å². The van der Waals surface area contributed by atoms with Crippen LogP contribution in [-0.4, -0.2) is 30.5 Å². The van der Waals surface area contributed by atoms with Crippen molar-refractivity contribution < 1.29 is 4.79 Å². The van der Waals surface area contributed by atoms with Gasteiger partial charge in [-0.05, 0) is 17.7 Å². The zero-order chi connectivity index (χ0) is 12.1. The second kappa shape index (κ2) is 7.94. The molecular formula is C12H17ClN2OS2. The van der Waals surface area contributed by atoms with Crippen LogP contribution in [0.1, 0.15) is 20.5 Å². The van der Waals surface area contributed by atoms with Crippen molar-refractivity contribution in [2.45, 2.75) is 4.58 Å². The van der Waals surface area contributed by atoms with Gasteiger partial charge in [0.05, 0.1) is 4.58 Å². The number of hydrogen-bond acceptors (Lipinski definition) is 4. The van der Waals surface area contributed by atoms with Crippen molar-refractivity contribution >= 4 is 41.8 Å². The number of carbonyl (C=O) groups is 1.